The van der Waals surface area contributed by atoms with Gasteiger partial charge in [0.15, 0.2) is 0 Å². The molecule has 1 aromatic carbocycles. The lowest BCUT2D eigenvalue weighted by Crippen LogP contribution is -2.25. The van der Waals surface area contributed by atoms with Gasteiger partial charge >= 0.3 is 0 Å². The molecule has 0 spiro atoms. The average molecular weight is 305 g/mol. The maximum atomic E-state index is 4.14. The van der Waals surface area contributed by atoms with Crippen LogP contribution < -0.4 is 5.32 Å². The second kappa shape index (κ2) is 8.81. The van der Waals surface area contributed by atoms with Gasteiger partial charge in [-0.25, -0.2) is 0 Å². The van der Waals surface area contributed by atoms with E-state index in [9.17, 15) is 0 Å². The number of aromatic nitrogens is 1. The molecular formula is C18H25ClN2. The van der Waals surface area contributed by atoms with Crippen LogP contribution >= 0.6 is 12.4 Å². The van der Waals surface area contributed by atoms with Crippen molar-refractivity contribution in [3.05, 3.63) is 54.4 Å². The van der Waals surface area contributed by atoms with Crippen molar-refractivity contribution in [2.75, 3.05) is 0 Å². The van der Waals surface area contributed by atoms with Crippen LogP contribution in [0, 0.1) is 0 Å². The zero-order chi connectivity index (χ0) is 14.4. The normalized spacial score (nSPS) is 11.9. The molecule has 0 amide bonds. The lowest BCUT2D eigenvalue weighted by atomic mass is 10.1. The number of hydrogen-bond donors (Lipinski definition) is 1. The number of pyridine rings is 1. The van der Waals surface area contributed by atoms with Gasteiger partial charge in [-0.05, 0) is 56.2 Å². The Kier molecular flexibility index (Phi) is 7.41. The first-order chi connectivity index (χ1) is 9.65. The van der Waals surface area contributed by atoms with Gasteiger partial charge in [0.2, 0.25) is 0 Å². The number of rotatable bonds is 7. The highest BCUT2D eigenvalue weighted by molar-refractivity contribution is 5.85. The molecule has 3 heteroatoms. The molecule has 0 bridgehead atoms. The van der Waals surface area contributed by atoms with Gasteiger partial charge in [-0.1, -0.05) is 17.7 Å². The number of halogens is 1. The maximum Gasteiger partial charge on any atom is 0.0346 e. The zero-order valence-corrected chi connectivity index (χ0v) is 13.7. The minimum Gasteiger partial charge on any atom is -0.310 e. The summed E-state index contributed by atoms with van der Waals surface area (Å²) in [7, 11) is 0. The standard InChI is InChI=1S/C18H24N2.ClH/c1-14(2)5-4-6-15(3)20-12-16-7-8-18-13-19-10-9-17(18)11-16;/h7-11,13,15,20H,1,4-6,12H2,2-3H3;1H/t15-;/m1./s1. The van der Waals surface area contributed by atoms with Crippen LogP contribution in [-0.4, -0.2) is 11.0 Å². The highest BCUT2D eigenvalue weighted by atomic mass is 35.5. The van der Waals surface area contributed by atoms with E-state index in [0.29, 0.717) is 6.04 Å². The fourth-order valence-electron chi connectivity index (χ4n) is 2.35. The van der Waals surface area contributed by atoms with E-state index in [1.54, 1.807) is 0 Å². The van der Waals surface area contributed by atoms with Crippen molar-refractivity contribution in [2.24, 2.45) is 0 Å². The topological polar surface area (TPSA) is 24.9 Å². The summed E-state index contributed by atoms with van der Waals surface area (Å²) in [5.74, 6) is 0. The summed E-state index contributed by atoms with van der Waals surface area (Å²) in [5, 5.41) is 6.05. The minimum atomic E-state index is 0. The zero-order valence-electron chi connectivity index (χ0n) is 12.9. The molecule has 0 fully saturated rings. The van der Waals surface area contributed by atoms with Crippen LogP contribution in [0.1, 0.15) is 38.7 Å². The second-order valence-corrected chi connectivity index (χ2v) is 5.69. The molecule has 0 saturated carbocycles. The molecule has 2 nitrogen and oxygen atoms in total. The van der Waals surface area contributed by atoms with E-state index in [0.717, 1.165) is 13.0 Å². The molecule has 1 aromatic heterocycles. The molecule has 114 valence electrons. The predicted molar refractivity (Wildman–Crippen MR) is 94.0 cm³/mol. The molecule has 1 N–H and O–H groups in total. The lowest BCUT2D eigenvalue weighted by Gasteiger charge is -2.14. The summed E-state index contributed by atoms with van der Waals surface area (Å²) in [4.78, 5) is 4.14. The van der Waals surface area contributed by atoms with E-state index in [-0.39, 0.29) is 12.4 Å². The Hall–Kier alpha value is -1.38. The molecule has 0 radical (unpaired) electrons. The van der Waals surface area contributed by atoms with Gasteiger partial charge in [0, 0.05) is 30.4 Å². The lowest BCUT2D eigenvalue weighted by molar-refractivity contribution is 0.498. The van der Waals surface area contributed by atoms with Crippen molar-refractivity contribution >= 4 is 23.2 Å². The van der Waals surface area contributed by atoms with Crippen LogP contribution in [0.4, 0.5) is 0 Å². The smallest absolute Gasteiger partial charge is 0.0346 e. The summed E-state index contributed by atoms with van der Waals surface area (Å²) < 4.78 is 0. The van der Waals surface area contributed by atoms with E-state index in [1.807, 2.05) is 12.4 Å². The van der Waals surface area contributed by atoms with Crippen molar-refractivity contribution in [1.82, 2.24) is 10.3 Å². The molecule has 21 heavy (non-hydrogen) atoms. The van der Waals surface area contributed by atoms with Crippen LogP contribution in [0.2, 0.25) is 0 Å². The average Bonchev–Trinajstić information content (AvgIpc) is 2.44. The van der Waals surface area contributed by atoms with E-state index < -0.39 is 0 Å². The second-order valence-electron chi connectivity index (χ2n) is 5.69. The largest absolute Gasteiger partial charge is 0.310 e. The molecule has 0 aliphatic carbocycles. The third-order valence-electron chi connectivity index (χ3n) is 3.60. The monoisotopic (exact) mass is 304 g/mol. The number of nitrogens with one attached hydrogen (secondary N) is 1. The highest BCUT2D eigenvalue weighted by Crippen LogP contribution is 2.14. The number of nitrogens with zero attached hydrogens (tertiary/aromatic N) is 1. The van der Waals surface area contributed by atoms with Gasteiger partial charge in [0.05, 0.1) is 0 Å². The minimum absolute atomic E-state index is 0. The van der Waals surface area contributed by atoms with Crippen LogP contribution in [0.25, 0.3) is 10.8 Å². The Bertz CT molecular complexity index is 580. The van der Waals surface area contributed by atoms with Crippen molar-refractivity contribution in [1.29, 1.82) is 0 Å². The first-order valence-corrected chi connectivity index (χ1v) is 7.35. The maximum absolute atomic E-state index is 4.14. The molecule has 0 aliphatic rings. The van der Waals surface area contributed by atoms with Crippen LogP contribution in [0.3, 0.4) is 0 Å². The first kappa shape index (κ1) is 17.7. The predicted octanol–water partition coefficient (Wildman–Crippen LogP) is 4.88. The molecule has 2 aromatic rings. The van der Waals surface area contributed by atoms with Gasteiger partial charge in [-0.15, -0.1) is 19.0 Å². The van der Waals surface area contributed by atoms with Gasteiger partial charge in [-0.2, -0.15) is 0 Å². The Labute approximate surface area is 134 Å². The molecule has 1 atom stereocenters. The molecule has 0 aliphatic heterocycles. The van der Waals surface area contributed by atoms with Crippen LogP contribution in [0.15, 0.2) is 48.8 Å². The quantitative estimate of drug-likeness (QED) is 0.737. The Morgan fingerprint density at radius 2 is 2.10 bits per heavy atom. The van der Waals surface area contributed by atoms with Gasteiger partial charge in [-0.3, -0.25) is 4.98 Å². The fraction of sp³-hybridized carbons (Fsp3) is 0.389. The van der Waals surface area contributed by atoms with Gasteiger partial charge in [0.1, 0.15) is 0 Å². The Morgan fingerprint density at radius 3 is 2.86 bits per heavy atom. The van der Waals surface area contributed by atoms with Crippen molar-refractivity contribution < 1.29 is 0 Å². The molecule has 1 heterocycles. The third-order valence-corrected chi connectivity index (χ3v) is 3.60. The van der Waals surface area contributed by atoms with Gasteiger partial charge < -0.3 is 5.32 Å². The highest BCUT2D eigenvalue weighted by Gasteiger charge is 2.02. The Balaban J connectivity index is 0.00000220. The van der Waals surface area contributed by atoms with E-state index in [4.69, 9.17) is 0 Å². The van der Waals surface area contributed by atoms with Crippen LogP contribution in [0.5, 0.6) is 0 Å². The SMILES string of the molecule is C=C(C)CCC[C@@H](C)NCc1ccc2cnccc2c1.Cl. The summed E-state index contributed by atoms with van der Waals surface area (Å²) in [6.07, 6.45) is 7.30. The van der Waals surface area contributed by atoms with Gasteiger partial charge in [0.25, 0.3) is 0 Å². The summed E-state index contributed by atoms with van der Waals surface area (Å²) in [6, 6.07) is 9.17. The molecular weight excluding hydrogens is 280 g/mol. The molecule has 0 unspecified atom stereocenters. The number of hydrogen-bond acceptors (Lipinski definition) is 2. The van der Waals surface area contributed by atoms with Crippen molar-refractivity contribution in [2.45, 2.75) is 45.7 Å². The molecule has 0 saturated heterocycles. The number of benzene rings is 1. The summed E-state index contributed by atoms with van der Waals surface area (Å²) in [5.41, 5.74) is 2.61. The van der Waals surface area contributed by atoms with Crippen LogP contribution in [-0.2, 0) is 6.54 Å². The summed E-state index contributed by atoms with van der Waals surface area (Å²) >= 11 is 0. The van der Waals surface area contributed by atoms with Crippen molar-refractivity contribution in [3.63, 3.8) is 0 Å². The Morgan fingerprint density at radius 1 is 1.29 bits per heavy atom. The van der Waals surface area contributed by atoms with E-state index in [1.165, 1.54) is 34.8 Å². The van der Waals surface area contributed by atoms with E-state index in [2.05, 4.69) is 55.0 Å². The number of allylic oxidation sites excluding steroid dienone is 1. The summed E-state index contributed by atoms with van der Waals surface area (Å²) in [6.45, 7) is 9.22. The number of fused-ring (bicyclic) bond motifs is 1. The van der Waals surface area contributed by atoms with Crippen molar-refractivity contribution in [3.8, 4) is 0 Å². The van der Waals surface area contributed by atoms with E-state index >= 15 is 0 Å². The first-order valence-electron chi connectivity index (χ1n) is 7.35. The molecule has 2 rings (SSSR count). The third kappa shape index (κ3) is 5.86. The fourth-order valence-corrected chi connectivity index (χ4v) is 2.35.